The molecule has 1 heterocycles. The van der Waals surface area contributed by atoms with Crippen molar-refractivity contribution in [3.63, 3.8) is 0 Å². The lowest BCUT2D eigenvalue weighted by Crippen LogP contribution is -2.23. The summed E-state index contributed by atoms with van der Waals surface area (Å²) in [4.78, 5) is 22.0. The van der Waals surface area contributed by atoms with Gasteiger partial charge in [0.2, 0.25) is 0 Å². The lowest BCUT2D eigenvalue weighted by atomic mass is 10.3. The van der Waals surface area contributed by atoms with Crippen LogP contribution in [0.25, 0.3) is 0 Å². The standard InChI is InChI=1S/C9H14N2O3/c1-4-8-5-9(13)11(10-8)6(2)14-7(3)12/h5-6,10H,4H2,1-3H3. The first-order chi connectivity index (χ1) is 6.54. The predicted octanol–water partition coefficient (Wildman–Crippen LogP) is 0.820. The van der Waals surface area contributed by atoms with Crippen LogP contribution in [0, 0.1) is 0 Å². The third-order valence-electron chi connectivity index (χ3n) is 1.88. The molecule has 78 valence electrons. The third-order valence-corrected chi connectivity index (χ3v) is 1.88. The highest BCUT2D eigenvalue weighted by Crippen LogP contribution is 2.04. The van der Waals surface area contributed by atoms with Gasteiger partial charge in [-0.05, 0) is 13.3 Å². The van der Waals surface area contributed by atoms with E-state index in [0.717, 1.165) is 12.1 Å². The van der Waals surface area contributed by atoms with Gasteiger partial charge in [0, 0.05) is 18.7 Å². The van der Waals surface area contributed by atoms with Crippen LogP contribution < -0.4 is 5.56 Å². The van der Waals surface area contributed by atoms with E-state index in [4.69, 9.17) is 4.74 Å². The normalized spacial score (nSPS) is 12.5. The Morgan fingerprint density at radius 3 is 2.79 bits per heavy atom. The monoisotopic (exact) mass is 198 g/mol. The third kappa shape index (κ3) is 2.25. The molecule has 1 unspecified atom stereocenters. The number of hydrogen-bond acceptors (Lipinski definition) is 3. The number of aromatic amines is 1. The summed E-state index contributed by atoms with van der Waals surface area (Å²) < 4.78 is 6.16. The summed E-state index contributed by atoms with van der Waals surface area (Å²) in [5.41, 5.74) is 0.643. The van der Waals surface area contributed by atoms with Gasteiger partial charge in [-0.25, -0.2) is 4.68 Å². The van der Waals surface area contributed by atoms with Crippen molar-refractivity contribution in [2.45, 2.75) is 33.4 Å². The zero-order valence-corrected chi connectivity index (χ0v) is 8.53. The molecule has 1 N–H and O–H groups in total. The number of hydrogen-bond donors (Lipinski definition) is 1. The Morgan fingerprint density at radius 1 is 1.71 bits per heavy atom. The van der Waals surface area contributed by atoms with Crippen molar-refractivity contribution in [2.24, 2.45) is 0 Å². The SMILES string of the molecule is CCc1cc(=O)n(C(C)OC(C)=O)[nH]1. The number of ether oxygens (including phenoxy) is 1. The van der Waals surface area contributed by atoms with E-state index >= 15 is 0 Å². The van der Waals surface area contributed by atoms with Crippen molar-refractivity contribution < 1.29 is 9.53 Å². The van der Waals surface area contributed by atoms with Crippen LogP contribution in [0.1, 0.15) is 32.7 Å². The fourth-order valence-corrected chi connectivity index (χ4v) is 1.20. The van der Waals surface area contributed by atoms with Gasteiger partial charge in [0.1, 0.15) is 0 Å². The molecule has 0 radical (unpaired) electrons. The zero-order valence-electron chi connectivity index (χ0n) is 8.53. The van der Waals surface area contributed by atoms with Gasteiger partial charge in [-0.1, -0.05) is 6.92 Å². The van der Waals surface area contributed by atoms with E-state index in [1.54, 1.807) is 6.92 Å². The molecule has 0 aliphatic carbocycles. The van der Waals surface area contributed by atoms with Gasteiger partial charge in [-0.3, -0.25) is 14.7 Å². The molecule has 0 saturated carbocycles. The first kappa shape index (κ1) is 10.6. The number of nitrogens with zero attached hydrogens (tertiary/aromatic N) is 1. The molecule has 1 aromatic rings. The van der Waals surface area contributed by atoms with Crippen LogP contribution >= 0.6 is 0 Å². The second-order valence-electron chi connectivity index (χ2n) is 3.05. The maximum atomic E-state index is 11.4. The minimum Gasteiger partial charge on any atom is -0.440 e. The quantitative estimate of drug-likeness (QED) is 0.731. The number of rotatable bonds is 3. The largest absolute Gasteiger partial charge is 0.440 e. The lowest BCUT2D eigenvalue weighted by Gasteiger charge is -2.11. The van der Waals surface area contributed by atoms with E-state index in [9.17, 15) is 9.59 Å². The summed E-state index contributed by atoms with van der Waals surface area (Å²) in [5, 5.41) is 2.86. The Labute approximate surface area is 81.7 Å². The van der Waals surface area contributed by atoms with Crippen molar-refractivity contribution >= 4 is 5.97 Å². The summed E-state index contributed by atoms with van der Waals surface area (Å²) in [7, 11) is 0. The molecular formula is C9H14N2O3. The molecule has 0 bridgehead atoms. The fraction of sp³-hybridized carbons (Fsp3) is 0.556. The summed E-state index contributed by atoms with van der Waals surface area (Å²) in [6.07, 6.45) is 0.162. The molecule has 0 aromatic carbocycles. The first-order valence-electron chi connectivity index (χ1n) is 4.52. The summed E-state index contributed by atoms with van der Waals surface area (Å²) in [5.74, 6) is -0.406. The number of H-pyrrole nitrogens is 1. The molecule has 1 aromatic heterocycles. The molecule has 0 aliphatic rings. The van der Waals surface area contributed by atoms with Gasteiger partial charge in [0.15, 0.2) is 6.23 Å². The molecule has 0 spiro atoms. The highest BCUT2D eigenvalue weighted by atomic mass is 16.6. The van der Waals surface area contributed by atoms with E-state index in [2.05, 4.69) is 5.10 Å². The van der Waals surface area contributed by atoms with Crippen molar-refractivity contribution in [1.82, 2.24) is 9.78 Å². The van der Waals surface area contributed by atoms with Crippen LogP contribution in [0.5, 0.6) is 0 Å². The Kier molecular flexibility index (Phi) is 3.11. The number of carbonyl (C=O) groups is 1. The van der Waals surface area contributed by atoms with Crippen LogP contribution in [-0.4, -0.2) is 15.7 Å². The minimum absolute atomic E-state index is 0.185. The first-order valence-corrected chi connectivity index (χ1v) is 4.52. The van der Waals surface area contributed by atoms with Crippen LogP contribution in [0.2, 0.25) is 0 Å². The lowest BCUT2D eigenvalue weighted by molar-refractivity contribution is -0.150. The predicted molar refractivity (Wildman–Crippen MR) is 50.9 cm³/mol. The van der Waals surface area contributed by atoms with Crippen LogP contribution in [0.15, 0.2) is 10.9 Å². The number of esters is 1. The molecular weight excluding hydrogens is 184 g/mol. The van der Waals surface area contributed by atoms with Gasteiger partial charge in [-0.15, -0.1) is 0 Å². The maximum absolute atomic E-state index is 11.4. The van der Waals surface area contributed by atoms with E-state index in [-0.39, 0.29) is 5.56 Å². The molecule has 1 rings (SSSR count). The average molecular weight is 198 g/mol. The van der Waals surface area contributed by atoms with Gasteiger partial charge >= 0.3 is 5.97 Å². The van der Waals surface area contributed by atoms with Gasteiger partial charge < -0.3 is 4.74 Å². The van der Waals surface area contributed by atoms with Gasteiger partial charge in [0.25, 0.3) is 5.56 Å². The molecule has 1 atom stereocenters. The van der Waals surface area contributed by atoms with Crippen LogP contribution in [0.3, 0.4) is 0 Å². The molecule has 0 amide bonds. The van der Waals surface area contributed by atoms with E-state index < -0.39 is 12.2 Å². The van der Waals surface area contributed by atoms with E-state index in [1.807, 2.05) is 6.92 Å². The molecule has 5 heteroatoms. The number of aromatic nitrogens is 2. The van der Waals surface area contributed by atoms with Crippen LogP contribution in [0.4, 0.5) is 0 Å². The minimum atomic E-state index is -0.583. The smallest absolute Gasteiger partial charge is 0.304 e. The molecule has 0 saturated heterocycles. The average Bonchev–Trinajstić information content (AvgIpc) is 2.45. The van der Waals surface area contributed by atoms with Crippen LogP contribution in [-0.2, 0) is 16.0 Å². The topological polar surface area (TPSA) is 64.1 Å². The van der Waals surface area contributed by atoms with E-state index in [0.29, 0.717) is 0 Å². The maximum Gasteiger partial charge on any atom is 0.304 e. The Bertz CT molecular complexity index is 378. The van der Waals surface area contributed by atoms with Crippen molar-refractivity contribution in [1.29, 1.82) is 0 Å². The van der Waals surface area contributed by atoms with Crippen molar-refractivity contribution in [3.05, 3.63) is 22.1 Å². The number of nitrogens with one attached hydrogen (secondary N) is 1. The Morgan fingerprint density at radius 2 is 2.36 bits per heavy atom. The summed E-state index contributed by atoms with van der Waals surface area (Å²) >= 11 is 0. The number of carbonyl (C=O) groups excluding carboxylic acids is 1. The highest BCUT2D eigenvalue weighted by Gasteiger charge is 2.11. The zero-order chi connectivity index (χ0) is 10.7. The fourth-order valence-electron chi connectivity index (χ4n) is 1.20. The highest BCUT2D eigenvalue weighted by molar-refractivity contribution is 5.65. The molecule has 5 nitrogen and oxygen atoms in total. The number of aryl methyl sites for hydroxylation is 1. The van der Waals surface area contributed by atoms with Gasteiger partial charge in [0.05, 0.1) is 0 Å². The van der Waals surface area contributed by atoms with Gasteiger partial charge in [-0.2, -0.15) is 0 Å². The second kappa shape index (κ2) is 4.13. The Balaban J connectivity index is 2.89. The second-order valence-corrected chi connectivity index (χ2v) is 3.05. The van der Waals surface area contributed by atoms with Crippen molar-refractivity contribution in [2.75, 3.05) is 0 Å². The summed E-state index contributed by atoms with van der Waals surface area (Å²) in [6, 6.07) is 1.50. The summed E-state index contributed by atoms with van der Waals surface area (Å²) in [6.45, 7) is 4.88. The molecule has 14 heavy (non-hydrogen) atoms. The molecule has 0 aliphatic heterocycles. The molecule has 0 fully saturated rings. The van der Waals surface area contributed by atoms with Crippen molar-refractivity contribution in [3.8, 4) is 0 Å². The van der Waals surface area contributed by atoms with E-state index in [1.165, 1.54) is 17.7 Å². The Hall–Kier alpha value is -1.52.